The first-order chi connectivity index (χ1) is 11.3. The van der Waals surface area contributed by atoms with Crippen LogP contribution in [0.25, 0.3) is 5.57 Å². The second kappa shape index (κ2) is 7.67. The number of nitrogens with zero attached hydrogens (tertiary/aromatic N) is 2. The molecular weight excluding hydrogens is 300 g/mol. The third-order valence-corrected chi connectivity index (χ3v) is 3.88. The van der Waals surface area contributed by atoms with Crippen molar-refractivity contribution in [1.82, 2.24) is 4.90 Å². The summed E-state index contributed by atoms with van der Waals surface area (Å²) in [4.78, 5) is 16.6. The quantitative estimate of drug-likeness (QED) is 0.771. The highest BCUT2D eigenvalue weighted by Crippen LogP contribution is 2.31. The second-order valence-corrected chi connectivity index (χ2v) is 7.14. The number of rotatable bonds is 4. The summed E-state index contributed by atoms with van der Waals surface area (Å²) >= 11 is 0. The minimum Gasteiger partial charge on any atom is -0.443 e. The molecule has 0 atom stereocenters. The highest BCUT2D eigenvalue weighted by atomic mass is 16.6. The van der Waals surface area contributed by atoms with E-state index in [2.05, 4.69) is 30.7 Å². The SMILES string of the molecule is C=CCN(C(=O)OC(C)(C)C)c1ccccc1C1=CCN(C)CC1. The van der Waals surface area contributed by atoms with Crippen molar-refractivity contribution in [3.63, 3.8) is 0 Å². The fourth-order valence-electron chi connectivity index (χ4n) is 2.71. The van der Waals surface area contributed by atoms with Crippen LogP contribution >= 0.6 is 0 Å². The molecular formula is C20H28N2O2. The van der Waals surface area contributed by atoms with Crippen molar-refractivity contribution in [3.05, 3.63) is 48.6 Å². The number of benzene rings is 1. The molecule has 130 valence electrons. The van der Waals surface area contributed by atoms with E-state index in [4.69, 9.17) is 4.74 Å². The lowest BCUT2D eigenvalue weighted by molar-refractivity contribution is 0.0584. The molecule has 2 rings (SSSR count). The van der Waals surface area contributed by atoms with E-state index in [1.54, 1.807) is 11.0 Å². The Morgan fingerprint density at radius 3 is 2.67 bits per heavy atom. The minimum absolute atomic E-state index is 0.344. The summed E-state index contributed by atoms with van der Waals surface area (Å²) in [5, 5.41) is 0. The molecule has 0 spiro atoms. The average molecular weight is 328 g/mol. The van der Waals surface area contributed by atoms with Crippen LogP contribution in [-0.4, -0.2) is 43.3 Å². The van der Waals surface area contributed by atoms with Crippen molar-refractivity contribution >= 4 is 17.4 Å². The maximum absolute atomic E-state index is 12.7. The lowest BCUT2D eigenvalue weighted by atomic mass is 9.97. The monoisotopic (exact) mass is 328 g/mol. The molecule has 1 aliphatic rings. The number of amides is 1. The molecule has 0 aromatic heterocycles. The number of hydrogen-bond acceptors (Lipinski definition) is 3. The zero-order valence-corrected chi connectivity index (χ0v) is 15.2. The average Bonchev–Trinajstić information content (AvgIpc) is 2.52. The predicted octanol–water partition coefficient (Wildman–Crippen LogP) is 4.33. The van der Waals surface area contributed by atoms with Crippen LogP contribution in [0.3, 0.4) is 0 Å². The number of carbonyl (C=O) groups is 1. The number of ether oxygens (including phenoxy) is 1. The number of para-hydroxylation sites is 1. The van der Waals surface area contributed by atoms with Gasteiger partial charge >= 0.3 is 6.09 Å². The van der Waals surface area contributed by atoms with Gasteiger partial charge in [0.1, 0.15) is 5.60 Å². The number of carbonyl (C=O) groups excluding carboxylic acids is 1. The van der Waals surface area contributed by atoms with Gasteiger partial charge in [0.25, 0.3) is 0 Å². The molecule has 0 N–H and O–H groups in total. The van der Waals surface area contributed by atoms with Gasteiger partial charge in [0, 0.05) is 25.2 Å². The Bertz CT molecular complexity index is 629. The Labute approximate surface area is 145 Å². The van der Waals surface area contributed by atoms with Gasteiger partial charge in [-0.2, -0.15) is 0 Å². The van der Waals surface area contributed by atoms with Crippen LogP contribution in [0.2, 0.25) is 0 Å². The van der Waals surface area contributed by atoms with Crippen LogP contribution in [0.15, 0.2) is 43.0 Å². The van der Waals surface area contributed by atoms with E-state index >= 15 is 0 Å². The van der Waals surface area contributed by atoms with Gasteiger partial charge in [0.15, 0.2) is 0 Å². The topological polar surface area (TPSA) is 32.8 Å². The Morgan fingerprint density at radius 2 is 2.08 bits per heavy atom. The van der Waals surface area contributed by atoms with Gasteiger partial charge in [-0.15, -0.1) is 6.58 Å². The number of hydrogen-bond donors (Lipinski definition) is 0. The summed E-state index contributed by atoms with van der Waals surface area (Å²) in [5.74, 6) is 0. The Morgan fingerprint density at radius 1 is 1.38 bits per heavy atom. The normalized spacial score (nSPS) is 15.6. The Hall–Kier alpha value is -2.07. The van der Waals surface area contributed by atoms with E-state index in [1.807, 2.05) is 39.0 Å². The summed E-state index contributed by atoms with van der Waals surface area (Å²) in [6.07, 6.45) is 4.60. The highest BCUT2D eigenvalue weighted by molar-refractivity contribution is 5.92. The van der Waals surface area contributed by atoms with Gasteiger partial charge in [-0.05, 0) is 45.9 Å². The maximum atomic E-state index is 12.7. The molecule has 0 saturated heterocycles. The molecule has 1 aromatic carbocycles. The smallest absolute Gasteiger partial charge is 0.415 e. The fraction of sp³-hybridized carbons (Fsp3) is 0.450. The first kappa shape index (κ1) is 18.3. The molecule has 0 fully saturated rings. The van der Waals surface area contributed by atoms with Crippen LogP contribution in [0, 0.1) is 0 Å². The van der Waals surface area contributed by atoms with Crippen LogP contribution in [0.5, 0.6) is 0 Å². The van der Waals surface area contributed by atoms with E-state index in [0.717, 1.165) is 30.8 Å². The largest absolute Gasteiger partial charge is 0.443 e. The summed E-state index contributed by atoms with van der Waals surface area (Å²) in [7, 11) is 2.11. The molecule has 1 aromatic rings. The maximum Gasteiger partial charge on any atom is 0.415 e. The minimum atomic E-state index is -0.529. The van der Waals surface area contributed by atoms with Gasteiger partial charge < -0.3 is 9.64 Å². The van der Waals surface area contributed by atoms with Crippen molar-refractivity contribution in [2.45, 2.75) is 32.8 Å². The van der Waals surface area contributed by atoms with E-state index in [9.17, 15) is 4.79 Å². The molecule has 1 amide bonds. The van der Waals surface area contributed by atoms with Crippen molar-refractivity contribution < 1.29 is 9.53 Å². The molecule has 0 unspecified atom stereocenters. The molecule has 1 aliphatic heterocycles. The number of likely N-dealkylation sites (N-methyl/N-ethyl adjacent to an activating group) is 1. The molecule has 0 aliphatic carbocycles. The van der Waals surface area contributed by atoms with Crippen LogP contribution < -0.4 is 4.90 Å². The molecule has 24 heavy (non-hydrogen) atoms. The van der Waals surface area contributed by atoms with Crippen molar-refractivity contribution in [2.75, 3.05) is 31.6 Å². The van der Waals surface area contributed by atoms with Gasteiger partial charge in [-0.3, -0.25) is 4.90 Å². The molecule has 4 nitrogen and oxygen atoms in total. The van der Waals surface area contributed by atoms with Gasteiger partial charge in [-0.25, -0.2) is 4.79 Å². The standard InChI is InChI=1S/C20H28N2O2/c1-6-13-22(19(23)24-20(2,3)4)18-10-8-7-9-17(18)16-11-14-21(5)15-12-16/h6-11H,1,12-15H2,2-5H3. The lowest BCUT2D eigenvalue weighted by Gasteiger charge is -2.29. The van der Waals surface area contributed by atoms with E-state index in [-0.39, 0.29) is 6.09 Å². The van der Waals surface area contributed by atoms with Gasteiger partial charge in [0.05, 0.1) is 5.69 Å². The van der Waals surface area contributed by atoms with Gasteiger partial charge in [0.2, 0.25) is 0 Å². The van der Waals surface area contributed by atoms with E-state index in [0.29, 0.717) is 6.54 Å². The first-order valence-electron chi connectivity index (χ1n) is 8.40. The van der Waals surface area contributed by atoms with E-state index < -0.39 is 5.60 Å². The Kier molecular flexibility index (Phi) is 5.84. The van der Waals surface area contributed by atoms with Crippen molar-refractivity contribution in [3.8, 4) is 0 Å². The Balaban J connectivity index is 2.37. The summed E-state index contributed by atoms with van der Waals surface area (Å²) in [6, 6.07) is 8.02. The molecule has 0 radical (unpaired) electrons. The van der Waals surface area contributed by atoms with Crippen LogP contribution in [0.1, 0.15) is 32.8 Å². The molecule has 4 heteroatoms. The third-order valence-electron chi connectivity index (χ3n) is 3.88. The zero-order chi connectivity index (χ0) is 17.7. The molecule has 1 heterocycles. The number of anilines is 1. The van der Waals surface area contributed by atoms with Gasteiger partial charge in [-0.1, -0.05) is 30.4 Å². The van der Waals surface area contributed by atoms with Crippen molar-refractivity contribution in [2.24, 2.45) is 0 Å². The zero-order valence-electron chi connectivity index (χ0n) is 15.2. The van der Waals surface area contributed by atoms with E-state index in [1.165, 1.54) is 5.57 Å². The summed E-state index contributed by atoms with van der Waals surface area (Å²) < 4.78 is 5.58. The third kappa shape index (κ3) is 4.71. The highest BCUT2D eigenvalue weighted by Gasteiger charge is 2.25. The molecule has 0 saturated carbocycles. The van der Waals surface area contributed by atoms with Crippen LogP contribution in [-0.2, 0) is 4.74 Å². The first-order valence-corrected chi connectivity index (χ1v) is 8.40. The van der Waals surface area contributed by atoms with Crippen LogP contribution in [0.4, 0.5) is 10.5 Å². The predicted molar refractivity (Wildman–Crippen MR) is 100 cm³/mol. The molecule has 0 bridgehead atoms. The summed E-state index contributed by atoms with van der Waals surface area (Å²) in [6.45, 7) is 11.8. The van der Waals surface area contributed by atoms with Crippen molar-refractivity contribution in [1.29, 1.82) is 0 Å². The summed E-state index contributed by atoms with van der Waals surface area (Å²) in [5.41, 5.74) is 2.72. The fourth-order valence-corrected chi connectivity index (χ4v) is 2.71. The second-order valence-electron chi connectivity index (χ2n) is 7.14. The lowest BCUT2D eigenvalue weighted by Crippen LogP contribution is -2.37.